The quantitative estimate of drug-likeness (QED) is 0.895. The Morgan fingerprint density at radius 1 is 1.40 bits per heavy atom. The first-order valence-corrected chi connectivity index (χ1v) is 5.77. The van der Waals surface area contributed by atoms with Crippen LogP contribution in [-0.4, -0.2) is 11.1 Å². The second-order valence-electron chi connectivity index (χ2n) is 4.28. The fraction of sp³-hybridized carbons (Fsp3) is 0.417. The first kappa shape index (κ1) is 10.7. The molecule has 1 aliphatic carbocycles. The van der Waals surface area contributed by atoms with E-state index < -0.39 is 11.4 Å². The summed E-state index contributed by atoms with van der Waals surface area (Å²) in [4.78, 5) is 11.2. The van der Waals surface area contributed by atoms with Gasteiger partial charge in [-0.15, -0.1) is 0 Å². The van der Waals surface area contributed by atoms with Gasteiger partial charge in [0.2, 0.25) is 0 Å². The van der Waals surface area contributed by atoms with Crippen LogP contribution in [0, 0.1) is 13.8 Å². The number of hydrogen-bond acceptors (Lipinski definition) is 1. The van der Waals surface area contributed by atoms with Gasteiger partial charge >= 0.3 is 5.97 Å². The van der Waals surface area contributed by atoms with Gasteiger partial charge in [0.15, 0.2) is 0 Å². The molecular weight excluding hydrogens is 256 g/mol. The van der Waals surface area contributed by atoms with Crippen molar-refractivity contribution in [3.8, 4) is 0 Å². The lowest BCUT2D eigenvalue weighted by Crippen LogP contribution is -2.21. The van der Waals surface area contributed by atoms with Crippen molar-refractivity contribution in [1.29, 1.82) is 0 Å². The third-order valence-corrected chi connectivity index (χ3v) is 3.76. The van der Waals surface area contributed by atoms with E-state index in [0.717, 1.165) is 34.0 Å². The number of halogens is 1. The molecule has 0 saturated heterocycles. The normalized spacial score (nSPS) is 17.5. The molecule has 1 aliphatic rings. The van der Waals surface area contributed by atoms with Crippen LogP contribution in [0.4, 0.5) is 0 Å². The fourth-order valence-electron chi connectivity index (χ4n) is 2.04. The summed E-state index contributed by atoms with van der Waals surface area (Å²) >= 11 is 3.42. The van der Waals surface area contributed by atoms with Gasteiger partial charge < -0.3 is 5.11 Å². The maximum atomic E-state index is 11.2. The molecule has 1 saturated carbocycles. The highest BCUT2D eigenvalue weighted by molar-refractivity contribution is 9.10. The summed E-state index contributed by atoms with van der Waals surface area (Å²) in [5.41, 5.74) is 2.63. The van der Waals surface area contributed by atoms with Crippen LogP contribution in [-0.2, 0) is 10.2 Å². The van der Waals surface area contributed by atoms with Crippen LogP contribution in [0.3, 0.4) is 0 Å². The number of aryl methyl sites for hydroxylation is 1. The fourth-order valence-corrected chi connectivity index (χ4v) is 2.61. The molecule has 1 aromatic rings. The van der Waals surface area contributed by atoms with Crippen LogP contribution in [0.15, 0.2) is 16.6 Å². The highest BCUT2D eigenvalue weighted by Gasteiger charge is 2.52. The van der Waals surface area contributed by atoms with Gasteiger partial charge in [-0.05, 0) is 55.5 Å². The summed E-state index contributed by atoms with van der Waals surface area (Å²) < 4.78 is 0.966. The van der Waals surface area contributed by atoms with Gasteiger partial charge in [0.1, 0.15) is 0 Å². The lowest BCUT2D eigenvalue weighted by atomic mass is 9.90. The number of aliphatic carboxylic acids is 1. The van der Waals surface area contributed by atoms with Crippen LogP contribution in [0.1, 0.15) is 29.5 Å². The van der Waals surface area contributed by atoms with E-state index >= 15 is 0 Å². The molecule has 0 amide bonds. The summed E-state index contributed by atoms with van der Waals surface area (Å²) in [5, 5.41) is 9.25. The Labute approximate surface area is 97.4 Å². The molecule has 0 unspecified atom stereocenters. The predicted molar refractivity (Wildman–Crippen MR) is 62.2 cm³/mol. The van der Waals surface area contributed by atoms with Gasteiger partial charge in [-0.1, -0.05) is 15.9 Å². The average Bonchev–Trinajstić information content (AvgIpc) is 2.91. The molecule has 0 heterocycles. The monoisotopic (exact) mass is 268 g/mol. The van der Waals surface area contributed by atoms with Gasteiger partial charge in [-0.25, -0.2) is 0 Å². The zero-order chi connectivity index (χ0) is 11.2. The first-order chi connectivity index (χ1) is 6.97. The Hall–Kier alpha value is -0.830. The van der Waals surface area contributed by atoms with Crippen molar-refractivity contribution < 1.29 is 9.90 Å². The second kappa shape index (κ2) is 3.34. The Morgan fingerprint density at radius 3 is 2.47 bits per heavy atom. The molecule has 15 heavy (non-hydrogen) atoms. The van der Waals surface area contributed by atoms with Crippen LogP contribution < -0.4 is 0 Å². The van der Waals surface area contributed by atoms with E-state index in [4.69, 9.17) is 0 Å². The summed E-state index contributed by atoms with van der Waals surface area (Å²) in [6.45, 7) is 4.02. The number of rotatable bonds is 2. The molecule has 0 aromatic heterocycles. The number of hydrogen-bond donors (Lipinski definition) is 1. The third-order valence-electron chi connectivity index (χ3n) is 3.31. The predicted octanol–water partition coefficient (Wildman–Crippen LogP) is 3.18. The van der Waals surface area contributed by atoms with E-state index in [1.165, 1.54) is 0 Å². The van der Waals surface area contributed by atoms with Crippen molar-refractivity contribution in [1.82, 2.24) is 0 Å². The maximum absolute atomic E-state index is 11.2. The number of benzene rings is 1. The van der Waals surface area contributed by atoms with Crippen molar-refractivity contribution >= 4 is 21.9 Å². The van der Waals surface area contributed by atoms with Crippen LogP contribution in [0.2, 0.25) is 0 Å². The molecule has 1 fully saturated rings. The molecule has 0 radical (unpaired) electrons. The summed E-state index contributed by atoms with van der Waals surface area (Å²) in [7, 11) is 0. The van der Waals surface area contributed by atoms with Gasteiger partial charge in [0.05, 0.1) is 5.41 Å². The van der Waals surface area contributed by atoms with Gasteiger partial charge in [0.25, 0.3) is 0 Å². The molecule has 2 rings (SSSR count). The van der Waals surface area contributed by atoms with Crippen LogP contribution in [0.25, 0.3) is 0 Å². The number of carbonyl (C=O) groups is 1. The molecule has 3 heteroatoms. The minimum atomic E-state index is -0.692. The van der Waals surface area contributed by atoms with E-state index in [0.29, 0.717) is 0 Å². The number of carboxylic acids is 1. The zero-order valence-electron chi connectivity index (χ0n) is 8.80. The molecule has 0 bridgehead atoms. The van der Waals surface area contributed by atoms with Crippen molar-refractivity contribution in [3.05, 3.63) is 33.3 Å². The third kappa shape index (κ3) is 1.59. The average molecular weight is 269 g/mol. The molecule has 0 spiro atoms. The summed E-state index contributed by atoms with van der Waals surface area (Å²) in [6, 6.07) is 3.97. The minimum absolute atomic E-state index is 0.599. The van der Waals surface area contributed by atoms with Gasteiger partial charge in [0, 0.05) is 4.47 Å². The second-order valence-corrected chi connectivity index (χ2v) is 5.20. The maximum Gasteiger partial charge on any atom is 0.314 e. The summed E-state index contributed by atoms with van der Waals surface area (Å²) in [5.74, 6) is -0.692. The number of carboxylic acid groups (broad SMARTS) is 1. The van der Waals surface area contributed by atoms with Crippen molar-refractivity contribution in [2.75, 3.05) is 0 Å². The highest BCUT2D eigenvalue weighted by atomic mass is 79.9. The molecule has 2 nitrogen and oxygen atoms in total. The minimum Gasteiger partial charge on any atom is -0.481 e. The molecule has 0 aliphatic heterocycles. The lowest BCUT2D eigenvalue weighted by Gasteiger charge is -2.16. The zero-order valence-corrected chi connectivity index (χ0v) is 10.4. The van der Waals surface area contributed by atoms with E-state index in [2.05, 4.69) is 15.9 Å². The van der Waals surface area contributed by atoms with E-state index in [-0.39, 0.29) is 0 Å². The van der Waals surface area contributed by atoms with Gasteiger partial charge in [-0.3, -0.25) is 4.79 Å². The van der Waals surface area contributed by atoms with Crippen molar-refractivity contribution in [2.45, 2.75) is 32.1 Å². The van der Waals surface area contributed by atoms with E-state index in [9.17, 15) is 9.90 Å². The van der Waals surface area contributed by atoms with E-state index in [1.807, 2.05) is 26.0 Å². The molecule has 1 aromatic carbocycles. The summed E-state index contributed by atoms with van der Waals surface area (Å²) in [6.07, 6.45) is 1.53. The lowest BCUT2D eigenvalue weighted by molar-refractivity contribution is -0.140. The molecule has 80 valence electrons. The van der Waals surface area contributed by atoms with Gasteiger partial charge in [-0.2, -0.15) is 0 Å². The first-order valence-electron chi connectivity index (χ1n) is 4.98. The Bertz CT molecular complexity index is 433. The Morgan fingerprint density at radius 2 is 2.00 bits per heavy atom. The van der Waals surface area contributed by atoms with Crippen LogP contribution >= 0.6 is 15.9 Å². The van der Waals surface area contributed by atoms with Crippen molar-refractivity contribution in [2.24, 2.45) is 0 Å². The van der Waals surface area contributed by atoms with Crippen LogP contribution in [0.5, 0.6) is 0 Å². The Kier molecular flexibility index (Phi) is 2.38. The molecule has 1 N–H and O–H groups in total. The van der Waals surface area contributed by atoms with E-state index in [1.54, 1.807) is 0 Å². The largest absolute Gasteiger partial charge is 0.481 e. The standard InChI is InChI=1S/C12H13BrO2/c1-7-5-9(13)6-10(8(7)2)12(3-4-12)11(14)15/h5-6H,3-4H2,1-2H3,(H,14,15). The Balaban J connectivity index is 2.58. The topological polar surface area (TPSA) is 37.3 Å². The van der Waals surface area contributed by atoms with Crippen molar-refractivity contribution in [3.63, 3.8) is 0 Å². The highest BCUT2D eigenvalue weighted by Crippen LogP contribution is 2.50. The smallest absolute Gasteiger partial charge is 0.314 e. The SMILES string of the molecule is Cc1cc(Br)cc(C2(C(=O)O)CC2)c1C. The molecular formula is C12H13BrO2. The molecule has 0 atom stereocenters.